The Bertz CT molecular complexity index is 1010. The van der Waals surface area contributed by atoms with Crippen molar-refractivity contribution in [1.82, 2.24) is 24.9 Å². The summed E-state index contributed by atoms with van der Waals surface area (Å²) in [5.74, 6) is 1.13. The first-order valence-electron chi connectivity index (χ1n) is 9.80. The van der Waals surface area contributed by atoms with E-state index >= 15 is 0 Å². The third-order valence-corrected chi connectivity index (χ3v) is 5.41. The zero-order valence-corrected chi connectivity index (χ0v) is 15.8. The van der Waals surface area contributed by atoms with E-state index in [-0.39, 0.29) is 17.7 Å². The fraction of sp³-hybridized carbons (Fsp3) is 0.450. The minimum atomic E-state index is -0.351. The second-order valence-electron chi connectivity index (χ2n) is 7.50. The maximum atomic E-state index is 14.4. The molecule has 146 valence electrons. The van der Waals surface area contributed by atoms with Gasteiger partial charge >= 0.3 is 0 Å². The summed E-state index contributed by atoms with van der Waals surface area (Å²) >= 11 is 0. The molecule has 1 saturated heterocycles. The Hall–Kier alpha value is -2.74. The van der Waals surface area contributed by atoms with E-state index in [0.29, 0.717) is 17.3 Å². The van der Waals surface area contributed by atoms with Gasteiger partial charge in [0.2, 0.25) is 0 Å². The first-order valence-corrected chi connectivity index (χ1v) is 9.80. The minimum Gasteiger partial charge on any atom is -0.495 e. The van der Waals surface area contributed by atoms with Crippen molar-refractivity contribution in [3.8, 4) is 17.1 Å². The van der Waals surface area contributed by atoms with Crippen molar-refractivity contribution in [3.63, 3.8) is 0 Å². The number of anilines is 1. The van der Waals surface area contributed by atoms with E-state index in [1.54, 1.807) is 23.9 Å². The number of fused-ring (bicyclic) bond motifs is 1. The van der Waals surface area contributed by atoms with Crippen LogP contribution in [0.1, 0.15) is 37.3 Å². The Morgan fingerprint density at radius 2 is 2.18 bits per heavy atom. The average molecular weight is 382 g/mol. The number of nitrogens with zero attached hydrogens (tertiary/aromatic N) is 4. The summed E-state index contributed by atoms with van der Waals surface area (Å²) in [5.41, 5.74) is 3.01. The van der Waals surface area contributed by atoms with Gasteiger partial charge in [0.1, 0.15) is 17.1 Å². The van der Waals surface area contributed by atoms with Crippen LogP contribution in [0.3, 0.4) is 0 Å². The summed E-state index contributed by atoms with van der Waals surface area (Å²) in [6, 6.07) is 5.20. The van der Waals surface area contributed by atoms with Gasteiger partial charge in [-0.15, -0.1) is 0 Å². The molecule has 3 aromatic heterocycles. The van der Waals surface area contributed by atoms with Crippen LogP contribution in [0.15, 0.2) is 24.4 Å². The van der Waals surface area contributed by atoms with Crippen LogP contribution in [0.25, 0.3) is 17.0 Å². The maximum Gasteiger partial charge on any atom is 0.165 e. The third-order valence-electron chi connectivity index (χ3n) is 5.41. The van der Waals surface area contributed by atoms with Crippen molar-refractivity contribution in [3.05, 3.63) is 35.9 Å². The Balaban J connectivity index is 1.52. The molecule has 7 nitrogen and oxygen atoms in total. The molecule has 1 saturated carbocycles. The third kappa shape index (κ3) is 3.17. The van der Waals surface area contributed by atoms with Crippen LogP contribution < -0.4 is 15.4 Å². The molecule has 4 heterocycles. The molecule has 2 aliphatic rings. The van der Waals surface area contributed by atoms with Gasteiger partial charge in [0.25, 0.3) is 0 Å². The molecule has 1 unspecified atom stereocenters. The molecule has 5 rings (SSSR count). The van der Waals surface area contributed by atoms with Gasteiger partial charge in [-0.05, 0) is 44.4 Å². The van der Waals surface area contributed by atoms with E-state index in [9.17, 15) is 4.39 Å². The number of piperidine rings is 1. The fourth-order valence-corrected chi connectivity index (χ4v) is 3.74. The molecule has 2 N–H and O–H groups in total. The molecule has 0 spiro atoms. The van der Waals surface area contributed by atoms with Crippen LogP contribution in [0, 0.1) is 5.82 Å². The van der Waals surface area contributed by atoms with Crippen LogP contribution in [0.5, 0.6) is 5.75 Å². The number of rotatable bonds is 5. The van der Waals surface area contributed by atoms with Crippen molar-refractivity contribution in [2.24, 2.45) is 0 Å². The van der Waals surface area contributed by atoms with Crippen LogP contribution in [-0.4, -0.2) is 45.8 Å². The quantitative estimate of drug-likeness (QED) is 0.707. The highest BCUT2D eigenvalue weighted by atomic mass is 19.1. The molecule has 0 bridgehead atoms. The molecule has 8 heteroatoms. The second kappa shape index (κ2) is 7.01. The van der Waals surface area contributed by atoms with Crippen molar-refractivity contribution in [1.29, 1.82) is 0 Å². The molecular weight excluding hydrogens is 359 g/mol. The zero-order chi connectivity index (χ0) is 19.1. The highest BCUT2D eigenvalue weighted by Gasteiger charge is 2.30. The van der Waals surface area contributed by atoms with Crippen LogP contribution in [-0.2, 0) is 0 Å². The van der Waals surface area contributed by atoms with Gasteiger partial charge in [-0.3, -0.25) is 0 Å². The molecule has 0 amide bonds. The van der Waals surface area contributed by atoms with Gasteiger partial charge in [-0.2, -0.15) is 5.10 Å². The fourth-order valence-electron chi connectivity index (χ4n) is 3.74. The molecule has 2 fully saturated rings. The van der Waals surface area contributed by atoms with E-state index in [4.69, 9.17) is 9.84 Å². The van der Waals surface area contributed by atoms with Crippen LogP contribution in [0.4, 0.5) is 10.2 Å². The topological polar surface area (TPSA) is 76.4 Å². The standard InChI is InChI=1S/C20H23FN6O/c1-28-17-9-18-23-11-16(27(18)26-19(17)12-4-5-12)15-7-6-14(21)20(25-15)24-13-3-2-8-22-10-13/h6-7,9,11-13,22H,2-5,8,10H2,1H3,(H,24,25). The average Bonchev–Trinajstić information content (AvgIpc) is 3.49. The first kappa shape index (κ1) is 17.4. The normalized spacial score (nSPS) is 19.7. The summed E-state index contributed by atoms with van der Waals surface area (Å²) in [6.07, 6.45) is 6.04. The molecule has 0 aromatic carbocycles. The number of methoxy groups -OCH3 is 1. The summed E-state index contributed by atoms with van der Waals surface area (Å²) in [6.45, 7) is 1.82. The van der Waals surface area contributed by atoms with Crippen molar-refractivity contribution in [2.45, 2.75) is 37.6 Å². The van der Waals surface area contributed by atoms with Gasteiger partial charge in [-0.25, -0.2) is 18.9 Å². The lowest BCUT2D eigenvalue weighted by molar-refractivity contribution is 0.405. The molecule has 1 atom stereocenters. The van der Waals surface area contributed by atoms with E-state index in [2.05, 4.69) is 20.6 Å². The monoisotopic (exact) mass is 382 g/mol. The second-order valence-corrected chi connectivity index (χ2v) is 7.50. The van der Waals surface area contributed by atoms with E-state index in [1.165, 1.54) is 6.07 Å². The Labute approximate surface area is 162 Å². The number of aromatic nitrogens is 4. The highest BCUT2D eigenvalue weighted by Crippen LogP contribution is 2.43. The largest absolute Gasteiger partial charge is 0.495 e. The molecular formula is C20H23FN6O. The molecule has 3 aromatic rings. The van der Waals surface area contributed by atoms with E-state index < -0.39 is 0 Å². The number of nitrogens with one attached hydrogen (secondary N) is 2. The maximum absolute atomic E-state index is 14.4. The summed E-state index contributed by atoms with van der Waals surface area (Å²) in [4.78, 5) is 8.99. The number of pyridine rings is 1. The Morgan fingerprint density at radius 1 is 1.29 bits per heavy atom. The number of halogens is 1. The minimum absolute atomic E-state index is 0.178. The van der Waals surface area contributed by atoms with Crippen molar-refractivity contribution < 1.29 is 9.13 Å². The van der Waals surface area contributed by atoms with Crippen molar-refractivity contribution in [2.75, 3.05) is 25.5 Å². The molecule has 0 radical (unpaired) electrons. The van der Waals surface area contributed by atoms with Crippen LogP contribution >= 0.6 is 0 Å². The van der Waals surface area contributed by atoms with Crippen molar-refractivity contribution >= 4 is 11.5 Å². The number of ether oxygens (including phenoxy) is 1. The van der Waals surface area contributed by atoms with Crippen LogP contribution in [0.2, 0.25) is 0 Å². The summed E-state index contributed by atoms with van der Waals surface area (Å²) in [5, 5.41) is 11.3. The van der Waals surface area contributed by atoms with Gasteiger partial charge < -0.3 is 15.4 Å². The number of imidazole rings is 1. The van der Waals surface area contributed by atoms with Gasteiger partial charge in [0, 0.05) is 24.6 Å². The smallest absolute Gasteiger partial charge is 0.165 e. The summed E-state index contributed by atoms with van der Waals surface area (Å²) < 4.78 is 21.6. The van der Waals surface area contributed by atoms with Gasteiger partial charge in [0.05, 0.1) is 19.0 Å². The number of hydrogen-bond donors (Lipinski definition) is 2. The molecule has 1 aliphatic heterocycles. The molecule has 1 aliphatic carbocycles. The zero-order valence-electron chi connectivity index (χ0n) is 15.8. The van der Waals surface area contributed by atoms with Gasteiger partial charge in [-0.1, -0.05) is 0 Å². The lowest BCUT2D eigenvalue weighted by Gasteiger charge is -2.24. The highest BCUT2D eigenvalue weighted by molar-refractivity contribution is 5.62. The Morgan fingerprint density at radius 3 is 2.93 bits per heavy atom. The predicted octanol–water partition coefficient (Wildman–Crippen LogP) is 2.98. The van der Waals surface area contributed by atoms with E-state index in [1.807, 2.05) is 6.07 Å². The molecule has 28 heavy (non-hydrogen) atoms. The lowest BCUT2D eigenvalue weighted by atomic mass is 10.1. The first-order chi connectivity index (χ1) is 13.7. The summed E-state index contributed by atoms with van der Waals surface area (Å²) in [7, 11) is 1.66. The SMILES string of the molecule is COc1cc2ncc(-c3ccc(F)c(NC4CCCNC4)n3)n2nc1C1CC1. The van der Waals surface area contributed by atoms with Gasteiger partial charge in [0.15, 0.2) is 17.3 Å². The van der Waals surface area contributed by atoms with E-state index in [0.717, 1.165) is 55.9 Å². The lowest BCUT2D eigenvalue weighted by Crippen LogP contribution is -2.38. The Kier molecular flexibility index (Phi) is 4.35. The number of hydrogen-bond acceptors (Lipinski definition) is 6. The predicted molar refractivity (Wildman–Crippen MR) is 104 cm³/mol.